The first kappa shape index (κ1) is 11.4. The molecule has 0 aromatic rings. The Hall–Kier alpha value is 1.40. The summed E-state index contributed by atoms with van der Waals surface area (Å²) in [5.41, 5.74) is 0. The van der Waals surface area contributed by atoms with Crippen LogP contribution < -0.4 is 0 Å². The monoisotopic (exact) mass is 214 g/mol. The lowest BCUT2D eigenvalue weighted by molar-refractivity contribution is 0.646. The number of rotatable bonds is 5. The zero-order valence-corrected chi connectivity index (χ0v) is 9.53. The molecule has 0 aromatic heterocycles. The first-order valence-corrected chi connectivity index (χ1v) is 6.24. The van der Waals surface area contributed by atoms with E-state index in [0.29, 0.717) is 10.5 Å². The quantitative estimate of drug-likeness (QED) is 0.467. The van der Waals surface area contributed by atoms with E-state index in [1.807, 2.05) is 0 Å². The molecule has 0 saturated heterocycles. The second-order valence-corrected chi connectivity index (χ2v) is 4.90. The van der Waals surface area contributed by atoms with Crippen LogP contribution in [0.2, 0.25) is 0 Å². The molecule has 0 rings (SSSR count). The van der Waals surface area contributed by atoms with Crippen LogP contribution in [0, 0.1) is 5.92 Å². The molecule has 0 heterocycles. The molecule has 0 nitrogen and oxygen atoms in total. The summed E-state index contributed by atoms with van der Waals surface area (Å²) in [5, 5.41) is 0. The molecule has 0 aliphatic heterocycles. The predicted molar refractivity (Wildman–Crippen MR) is 62.1 cm³/mol. The number of thiol groups is 3. The van der Waals surface area contributed by atoms with Crippen LogP contribution in [0.15, 0.2) is 0 Å². The molecule has 0 spiro atoms. The largest absolute Gasteiger partial charge is 0.179 e. The molecule has 0 saturated carbocycles. The molecule has 0 amide bonds. The number of hydrogen-bond donors (Lipinski definition) is 3. The van der Waals surface area contributed by atoms with Gasteiger partial charge < -0.3 is 0 Å². The predicted octanol–water partition coefficient (Wildman–Crippen LogP) is 2.47. The van der Waals surface area contributed by atoms with Crippen molar-refractivity contribution in [2.75, 3.05) is 17.8 Å². The van der Waals surface area contributed by atoms with Gasteiger partial charge in [0.2, 0.25) is 0 Å². The Morgan fingerprint density at radius 3 is 2.10 bits per heavy atom. The molecule has 4 heteroatoms. The van der Waals surface area contributed by atoms with Gasteiger partial charge in [-0.15, -0.1) is 0 Å². The maximum atomic E-state index is 4.37. The van der Waals surface area contributed by atoms with Gasteiger partial charge in [-0.1, -0.05) is 0 Å². The van der Waals surface area contributed by atoms with Gasteiger partial charge in [-0.25, -0.2) is 0 Å². The fourth-order valence-corrected chi connectivity index (χ4v) is 2.11. The SMILES string of the molecule is CSC(S)CC(CS)CS. The fraction of sp³-hybridized carbons (Fsp3) is 1.00. The molecule has 0 N–H and O–H groups in total. The van der Waals surface area contributed by atoms with Crippen molar-refractivity contribution in [1.29, 1.82) is 0 Å². The molecule has 0 bridgehead atoms. The van der Waals surface area contributed by atoms with Gasteiger partial charge in [0, 0.05) is 4.58 Å². The minimum Gasteiger partial charge on any atom is -0.179 e. The van der Waals surface area contributed by atoms with E-state index in [0.717, 1.165) is 17.9 Å². The minimum absolute atomic E-state index is 0.448. The zero-order valence-electron chi connectivity index (χ0n) is 6.03. The molecular weight excluding hydrogens is 200 g/mol. The van der Waals surface area contributed by atoms with E-state index < -0.39 is 0 Å². The molecule has 62 valence electrons. The fourth-order valence-electron chi connectivity index (χ4n) is 0.588. The summed E-state index contributed by atoms with van der Waals surface area (Å²) in [4.78, 5) is 0. The number of hydrogen-bond acceptors (Lipinski definition) is 4. The van der Waals surface area contributed by atoms with E-state index >= 15 is 0 Å². The van der Waals surface area contributed by atoms with Crippen molar-refractivity contribution >= 4 is 49.6 Å². The van der Waals surface area contributed by atoms with Crippen LogP contribution in [0.4, 0.5) is 0 Å². The molecule has 0 fully saturated rings. The van der Waals surface area contributed by atoms with Crippen molar-refractivity contribution in [3.63, 3.8) is 0 Å². The summed E-state index contributed by atoms with van der Waals surface area (Å²) in [6, 6.07) is 0. The second-order valence-electron chi connectivity index (χ2n) is 2.16. The van der Waals surface area contributed by atoms with E-state index in [1.165, 1.54) is 0 Å². The Labute approximate surface area is 84.2 Å². The lowest BCUT2D eigenvalue weighted by Crippen LogP contribution is -2.09. The normalized spacial score (nSPS) is 14.1. The molecular formula is C6H14S4. The van der Waals surface area contributed by atoms with Gasteiger partial charge in [0.1, 0.15) is 0 Å². The van der Waals surface area contributed by atoms with Crippen molar-refractivity contribution in [3.8, 4) is 0 Å². The first-order valence-electron chi connectivity index (χ1n) is 3.17. The molecule has 0 aromatic carbocycles. The molecule has 0 aliphatic carbocycles. The summed E-state index contributed by atoms with van der Waals surface area (Å²) in [6.07, 6.45) is 3.18. The van der Waals surface area contributed by atoms with Gasteiger partial charge in [-0.05, 0) is 30.1 Å². The first-order chi connectivity index (χ1) is 4.74. The van der Waals surface area contributed by atoms with Crippen LogP contribution in [0.1, 0.15) is 6.42 Å². The summed E-state index contributed by atoms with van der Waals surface area (Å²) < 4.78 is 0.448. The summed E-state index contributed by atoms with van der Waals surface area (Å²) in [6.45, 7) is 0. The van der Waals surface area contributed by atoms with Gasteiger partial charge in [-0.3, -0.25) is 0 Å². The van der Waals surface area contributed by atoms with Crippen LogP contribution in [0.25, 0.3) is 0 Å². The molecule has 1 unspecified atom stereocenters. The number of thioether (sulfide) groups is 1. The lowest BCUT2D eigenvalue weighted by atomic mass is 10.1. The van der Waals surface area contributed by atoms with Crippen LogP contribution in [-0.4, -0.2) is 22.3 Å². The summed E-state index contributed by atoms with van der Waals surface area (Å²) in [5.74, 6) is 2.45. The Morgan fingerprint density at radius 2 is 1.80 bits per heavy atom. The van der Waals surface area contributed by atoms with E-state index in [-0.39, 0.29) is 0 Å². The molecule has 0 radical (unpaired) electrons. The Bertz CT molecular complexity index is 72.1. The average molecular weight is 214 g/mol. The highest BCUT2D eigenvalue weighted by molar-refractivity contribution is 8.09. The minimum atomic E-state index is 0.448. The van der Waals surface area contributed by atoms with Gasteiger partial charge in [0.05, 0.1) is 0 Å². The van der Waals surface area contributed by atoms with Crippen LogP contribution in [-0.2, 0) is 0 Å². The average Bonchev–Trinajstić information content (AvgIpc) is 1.99. The van der Waals surface area contributed by atoms with Gasteiger partial charge >= 0.3 is 0 Å². The van der Waals surface area contributed by atoms with Crippen molar-refractivity contribution in [2.24, 2.45) is 5.92 Å². The topological polar surface area (TPSA) is 0 Å². The van der Waals surface area contributed by atoms with Gasteiger partial charge in [-0.2, -0.15) is 49.6 Å². The van der Waals surface area contributed by atoms with Crippen LogP contribution in [0.5, 0.6) is 0 Å². The van der Waals surface area contributed by atoms with E-state index in [2.05, 4.69) is 44.1 Å². The van der Waals surface area contributed by atoms with Crippen molar-refractivity contribution < 1.29 is 0 Å². The highest BCUT2D eigenvalue weighted by Gasteiger charge is 2.09. The second kappa shape index (κ2) is 7.07. The highest BCUT2D eigenvalue weighted by atomic mass is 32.2. The van der Waals surface area contributed by atoms with Crippen LogP contribution >= 0.6 is 49.6 Å². The third-order valence-electron chi connectivity index (χ3n) is 1.32. The molecule has 10 heavy (non-hydrogen) atoms. The van der Waals surface area contributed by atoms with E-state index in [9.17, 15) is 0 Å². The Balaban J connectivity index is 3.41. The van der Waals surface area contributed by atoms with Gasteiger partial charge in [0.25, 0.3) is 0 Å². The highest BCUT2D eigenvalue weighted by Crippen LogP contribution is 2.21. The zero-order chi connectivity index (χ0) is 7.98. The summed E-state index contributed by atoms with van der Waals surface area (Å²) >= 11 is 14.6. The maximum Gasteiger partial charge on any atom is 0.0472 e. The maximum absolute atomic E-state index is 4.37. The molecule has 0 aliphatic rings. The lowest BCUT2D eigenvalue weighted by Gasteiger charge is -2.14. The Morgan fingerprint density at radius 1 is 1.30 bits per heavy atom. The van der Waals surface area contributed by atoms with Crippen molar-refractivity contribution in [2.45, 2.75) is 11.0 Å². The van der Waals surface area contributed by atoms with Crippen molar-refractivity contribution in [3.05, 3.63) is 0 Å². The standard InChI is InChI=1S/C6H14S4/c1-10-6(9)2-5(3-7)4-8/h5-9H,2-4H2,1H3. The van der Waals surface area contributed by atoms with Crippen LogP contribution in [0.3, 0.4) is 0 Å². The summed E-state index contributed by atoms with van der Waals surface area (Å²) in [7, 11) is 0. The van der Waals surface area contributed by atoms with E-state index in [1.54, 1.807) is 11.8 Å². The molecule has 1 atom stereocenters. The van der Waals surface area contributed by atoms with Crippen molar-refractivity contribution in [1.82, 2.24) is 0 Å². The third kappa shape index (κ3) is 5.10. The smallest absolute Gasteiger partial charge is 0.0472 e. The third-order valence-corrected chi connectivity index (χ3v) is 3.94. The Kier molecular flexibility index (Phi) is 8.06. The van der Waals surface area contributed by atoms with Gasteiger partial charge in [0.15, 0.2) is 0 Å². The van der Waals surface area contributed by atoms with E-state index in [4.69, 9.17) is 0 Å².